The van der Waals surface area contributed by atoms with Crippen molar-refractivity contribution in [2.75, 3.05) is 5.01 Å². The molecule has 158 valence electrons. The van der Waals surface area contributed by atoms with Crippen molar-refractivity contribution in [2.45, 2.75) is 37.4 Å². The number of rotatable bonds is 3. The molecule has 0 bridgehead atoms. The van der Waals surface area contributed by atoms with Gasteiger partial charge in [0.2, 0.25) is 10.0 Å². The molecule has 0 saturated carbocycles. The van der Waals surface area contributed by atoms with Crippen molar-refractivity contribution in [3.05, 3.63) is 59.7 Å². The van der Waals surface area contributed by atoms with Gasteiger partial charge in [0.25, 0.3) is 0 Å². The summed E-state index contributed by atoms with van der Waals surface area (Å²) in [6.07, 6.45) is -5.38. The number of hydrogen-bond donors (Lipinski definition) is 1. The van der Waals surface area contributed by atoms with E-state index in [1.54, 1.807) is 0 Å². The summed E-state index contributed by atoms with van der Waals surface area (Å²) < 4.78 is 89.3. The monoisotopic (exact) mass is 435 g/mol. The van der Waals surface area contributed by atoms with E-state index in [1.165, 1.54) is 12.1 Å². The summed E-state index contributed by atoms with van der Waals surface area (Å²) >= 11 is 0. The largest absolute Gasteiger partial charge is 0.431 e. The van der Waals surface area contributed by atoms with Gasteiger partial charge >= 0.3 is 6.18 Å². The lowest BCUT2D eigenvalue weighted by atomic mass is 10.0. The minimum Gasteiger partial charge on any atom is -0.257 e. The topological polar surface area (TPSA) is 75.8 Å². The molecule has 2 aromatic rings. The van der Waals surface area contributed by atoms with Crippen molar-refractivity contribution >= 4 is 21.4 Å². The Kier molecular flexibility index (Phi) is 6.63. The molecule has 2 N–H and O–H groups in total. The van der Waals surface area contributed by atoms with Crippen molar-refractivity contribution in [1.82, 2.24) is 0 Å². The smallest absolute Gasteiger partial charge is 0.257 e. The number of hydrogen-bond acceptors (Lipinski definition) is 4. The third kappa shape index (κ3) is 5.10. The van der Waals surface area contributed by atoms with E-state index < -0.39 is 46.0 Å². The minimum absolute atomic E-state index is 0.0929. The highest BCUT2D eigenvalue weighted by atomic mass is 32.2. The lowest BCUT2D eigenvalue weighted by Crippen LogP contribution is -2.22. The molecule has 1 aliphatic rings. The summed E-state index contributed by atoms with van der Waals surface area (Å²) in [6.45, 7) is 4.00. The summed E-state index contributed by atoms with van der Waals surface area (Å²) in [4.78, 5) is -0.241. The van der Waals surface area contributed by atoms with Gasteiger partial charge in [0, 0.05) is 18.1 Å². The first kappa shape index (κ1) is 22.8. The summed E-state index contributed by atoms with van der Waals surface area (Å²) in [6, 6.07) is 6.00. The van der Waals surface area contributed by atoms with Crippen LogP contribution in [-0.4, -0.2) is 20.3 Å². The van der Waals surface area contributed by atoms with Crippen LogP contribution >= 0.6 is 0 Å². The molecule has 1 heterocycles. The van der Waals surface area contributed by atoms with Crippen LogP contribution in [0.4, 0.5) is 27.6 Å². The molecular formula is C18H18F5N3O2S. The highest BCUT2D eigenvalue weighted by Gasteiger charge is 2.44. The average molecular weight is 435 g/mol. The molecule has 3 rings (SSSR count). The number of benzene rings is 2. The van der Waals surface area contributed by atoms with Gasteiger partial charge in [-0.3, -0.25) is 5.01 Å². The van der Waals surface area contributed by atoms with Gasteiger partial charge in [0.15, 0.2) is 0 Å². The molecule has 1 aliphatic heterocycles. The number of primary sulfonamides is 1. The van der Waals surface area contributed by atoms with Crippen LogP contribution in [0.1, 0.15) is 31.9 Å². The van der Waals surface area contributed by atoms with Crippen LogP contribution in [0.3, 0.4) is 0 Å². The molecule has 5 nitrogen and oxygen atoms in total. The Bertz CT molecular complexity index is 1010. The first-order valence-corrected chi connectivity index (χ1v) is 10.0. The first-order valence-electron chi connectivity index (χ1n) is 8.48. The predicted molar refractivity (Wildman–Crippen MR) is 98.8 cm³/mol. The molecule has 11 heteroatoms. The summed E-state index contributed by atoms with van der Waals surface area (Å²) in [7, 11) is -3.99. The van der Waals surface area contributed by atoms with Gasteiger partial charge < -0.3 is 0 Å². The molecule has 0 amide bonds. The molecule has 0 aliphatic carbocycles. The van der Waals surface area contributed by atoms with E-state index in [2.05, 4.69) is 5.10 Å². The van der Waals surface area contributed by atoms with Crippen molar-refractivity contribution in [3.63, 3.8) is 0 Å². The zero-order valence-electron chi connectivity index (χ0n) is 15.4. The molecule has 0 saturated heterocycles. The van der Waals surface area contributed by atoms with E-state index in [0.717, 1.165) is 29.3 Å². The second-order valence-electron chi connectivity index (χ2n) is 5.81. The van der Waals surface area contributed by atoms with Crippen molar-refractivity contribution in [3.8, 4) is 0 Å². The number of sulfonamides is 1. The summed E-state index contributed by atoms with van der Waals surface area (Å²) in [5, 5.41) is 9.44. The number of nitrogens with zero attached hydrogens (tertiary/aromatic N) is 2. The van der Waals surface area contributed by atoms with Crippen LogP contribution < -0.4 is 10.1 Å². The Labute approximate surface area is 164 Å². The SMILES string of the molecule is CC.NS(=O)(=O)c1ccc(N2N=C(C(F)(F)F)CC2c2ccc(F)cc2F)cc1. The molecule has 29 heavy (non-hydrogen) atoms. The van der Waals surface area contributed by atoms with Crippen LogP contribution in [0.15, 0.2) is 52.5 Å². The second kappa shape index (κ2) is 8.46. The summed E-state index contributed by atoms with van der Waals surface area (Å²) in [5.74, 6) is -1.87. The molecule has 2 aromatic carbocycles. The van der Waals surface area contributed by atoms with Crippen LogP contribution in [0.2, 0.25) is 0 Å². The fourth-order valence-electron chi connectivity index (χ4n) is 2.72. The van der Waals surface area contributed by atoms with Crippen LogP contribution in [0.5, 0.6) is 0 Å². The van der Waals surface area contributed by atoms with Crippen molar-refractivity contribution < 1.29 is 30.4 Å². The van der Waals surface area contributed by atoms with Gasteiger partial charge in [-0.15, -0.1) is 0 Å². The molecular weight excluding hydrogens is 417 g/mol. The van der Waals surface area contributed by atoms with Gasteiger partial charge in [0.1, 0.15) is 17.3 Å². The highest BCUT2D eigenvalue weighted by molar-refractivity contribution is 7.89. The normalized spacial score (nSPS) is 16.9. The van der Waals surface area contributed by atoms with Crippen molar-refractivity contribution in [2.24, 2.45) is 10.2 Å². The lowest BCUT2D eigenvalue weighted by Gasteiger charge is -2.24. The maximum atomic E-state index is 14.1. The Morgan fingerprint density at radius 1 is 1.07 bits per heavy atom. The van der Waals surface area contributed by atoms with Gasteiger partial charge in [-0.2, -0.15) is 18.3 Å². The van der Waals surface area contributed by atoms with E-state index in [-0.39, 0.29) is 16.1 Å². The van der Waals surface area contributed by atoms with Gasteiger partial charge in [-0.05, 0) is 30.3 Å². The highest BCUT2D eigenvalue weighted by Crippen LogP contribution is 2.40. The van der Waals surface area contributed by atoms with E-state index >= 15 is 0 Å². The predicted octanol–water partition coefficient (Wildman–Crippen LogP) is 4.51. The van der Waals surface area contributed by atoms with Crippen molar-refractivity contribution in [1.29, 1.82) is 0 Å². The second-order valence-corrected chi connectivity index (χ2v) is 7.38. The van der Waals surface area contributed by atoms with Crippen LogP contribution in [0, 0.1) is 11.6 Å². The van der Waals surface area contributed by atoms with Gasteiger partial charge in [0.05, 0.1) is 16.6 Å². The zero-order valence-corrected chi connectivity index (χ0v) is 16.2. The first-order chi connectivity index (χ1) is 13.5. The van der Waals surface area contributed by atoms with Gasteiger partial charge in [-0.25, -0.2) is 22.3 Å². The molecule has 0 fully saturated rings. The number of alkyl halides is 3. The number of hydrazone groups is 1. The van der Waals surface area contributed by atoms with E-state index in [0.29, 0.717) is 6.07 Å². The number of halogens is 5. The molecule has 1 unspecified atom stereocenters. The zero-order chi connectivity index (χ0) is 22.0. The van der Waals surface area contributed by atoms with E-state index in [1.807, 2.05) is 13.8 Å². The number of anilines is 1. The van der Waals surface area contributed by atoms with E-state index in [9.17, 15) is 30.4 Å². The standard InChI is InChI=1S/C16H12F5N3O2S.C2H6/c17-9-1-6-12(13(18)7-9)14-8-15(16(19,20)21)23-24(14)10-2-4-11(5-3-10)27(22,25)26;1-2/h1-7,14H,8H2,(H2,22,25,26);1-2H3. The number of nitrogens with two attached hydrogens (primary N) is 1. The molecule has 1 atom stereocenters. The van der Waals surface area contributed by atoms with Gasteiger partial charge in [-0.1, -0.05) is 19.9 Å². The minimum atomic E-state index is -4.73. The molecule has 0 aromatic heterocycles. The Morgan fingerprint density at radius 3 is 2.14 bits per heavy atom. The Morgan fingerprint density at radius 2 is 1.66 bits per heavy atom. The third-order valence-electron chi connectivity index (χ3n) is 3.99. The fraction of sp³-hybridized carbons (Fsp3) is 0.278. The molecule has 0 spiro atoms. The van der Waals surface area contributed by atoms with Crippen LogP contribution in [0.25, 0.3) is 0 Å². The third-order valence-corrected chi connectivity index (χ3v) is 4.92. The lowest BCUT2D eigenvalue weighted by molar-refractivity contribution is -0.0600. The maximum absolute atomic E-state index is 14.1. The van der Waals surface area contributed by atoms with Crippen LogP contribution in [-0.2, 0) is 10.0 Å². The molecule has 0 radical (unpaired) electrons. The fourth-order valence-corrected chi connectivity index (χ4v) is 3.24. The Balaban J connectivity index is 0.00000145. The van der Waals surface area contributed by atoms with E-state index in [4.69, 9.17) is 5.14 Å². The Hall–Kier alpha value is -2.53. The average Bonchev–Trinajstić information content (AvgIpc) is 3.08. The maximum Gasteiger partial charge on any atom is 0.431 e. The quantitative estimate of drug-likeness (QED) is 0.721. The summed E-state index contributed by atoms with van der Waals surface area (Å²) in [5.41, 5.74) is -1.21.